The Morgan fingerprint density at radius 3 is 2.56 bits per heavy atom. The van der Waals surface area contributed by atoms with Gasteiger partial charge in [0.25, 0.3) is 0 Å². The Balaban J connectivity index is 0.00000363. The molecule has 0 fully saturated rings. The third kappa shape index (κ3) is 6.21. The molecule has 0 spiro atoms. The summed E-state index contributed by atoms with van der Waals surface area (Å²) in [6, 6.07) is 14.4. The number of aromatic nitrogens is 1. The minimum atomic E-state index is 0. The van der Waals surface area contributed by atoms with Crippen LogP contribution in [0.15, 0.2) is 47.0 Å². The predicted molar refractivity (Wildman–Crippen MR) is 138 cm³/mol. The lowest BCUT2D eigenvalue weighted by Gasteiger charge is -2.23. The van der Waals surface area contributed by atoms with Crippen LogP contribution in [0.1, 0.15) is 29.4 Å². The van der Waals surface area contributed by atoms with Gasteiger partial charge in [-0.3, -0.25) is 9.51 Å². The highest BCUT2D eigenvalue weighted by Gasteiger charge is 2.19. The minimum absolute atomic E-state index is 0. The van der Waals surface area contributed by atoms with Crippen LogP contribution in [0.2, 0.25) is 0 Å². The van der Waals surface area contributed by atoms with Crippen molar-refractivity contribution in [3.05, 3.63) is 64.9 Å². The molecule has 3 rings (SSSR count). The number of nitrogens with zero attached hydrogens (tertiary/aromatic N) is 3. The van der Waals surface area contributed by atoms with Crippen LogP contribution in [0, 0.1) is 13.8 Å². The molecule has 0 aliphatic rings. The molecule has 3 aromatic rings. The summed E-state index contributed by atoms with van der Waals surface area (Å²) in [7, 11) is 1.87. The number of rotatable bonds is 10. The second kappa shape index (κ2) is 12.5. The zero-order valence-electron chi connectivity index (χ0n) is 18.5. The van der Waals surface area contributed by atoms with Crippen molar-refractivity contribution >= 4 is 53.2 Å². The van der Waals surface area contributed by atoms with Crippen LogP contribution in [-0.2, 0) is 21.0 Å². The van der Waals surface area contributed by atoms with Crippen molar-refractivity contribution in [2.45, 2.75) is 32.7 Å². The zero-order valence-corrected chi connectivity index (χ0v) is 21.9. The van der Waals surface area contributed by atoms with Crippen LogP contribution in [0.4, 0.5) is 11.5 Å². The second-order valence-electron chi connectivity index (χ2n) is 6.89. The normalized spacial score (nSPS) is 10.7. The van der Waals surface area contributed by atoms with Crippen LogP contribution >= 0.6 is 41.7 Å². The molecule has 0 aliphatic heterocycles. The third-order valence-electron chi connectivity index (χ3n) is 4.85. The van der Waals surface area contributed by atoms with E-state index in [1.54, 1.807) is 13.8 Å². The maximum absolute atomic E-state index is 10.2. The van der Waals surface area contributed by atoms with Crippen LogP contribution in [0.25, 0.3) is 11.1 Å². The molecule has 1 heterocycles. The van der Waals surface area contributed by atoms with E-state index in [1.165, 1.54) is 5.56 Å². The van der Waals surface area contributed by atoms with Crippen LogP contribution in [0.5, 0.6) is 0 Å². The topological polar surface area (TPSA) is 71.2 Å². The Labute approximate surface area is 208 Å². The highest BCUT2D eigenvalue weighted by molar-refractivity contribution is 9.08. The zero-order chi connectivity index (χ0) is 22.4. The highest BCUT2D eigenvalue weighted by Crippen LogP contribution is 2.36. The summed E-state index contributed by atoms with van der Waals surface area (Å²) in [5.41, 5.74) is 6.07. The Kier molecular flexibility index (Phi) is 10.4. The van der Waals surface area contributed by atoms with Crippen molar-refractivity contribution in [1.82, 2.24) is 5.16 Å². The quantitative estimate of drug-likeness (QED) is 0.138. The van der Waals surface area contributed by atoms with E-state index in [2.05, 4.69) is 45.4 Å². The number of ether oxygens (including phenoxy) is 1. The lowest BCUT2D eigenvalue weighted by molar-refractivity contribution is 0.0651. The van der Waals surface area contributed by atoms with E-state index in [1.807, 2.05) is 36.5 Å². The largest absolute Gasteiger partial charge is 0.377 e. The first kappa shape index (κ1) is 26.6. The summed E-state index contributed by atoms with van der Waals surface area (Å²) in [6.07, 6.45) is 0. The summed E-state index contributed by atoms with van der Waals surface area (Å²) in [6.45, 7) is 6.74. The fourth-order valence-electron chi connectivity index (χ4n) is 3.04. The SMILES string of the molecule is CCOCc1cc(CBr)ccc1-c1ccccc1N(C)SON(O)c1noc(C)c1C.S. The number of alkyl halides is 1. The van der Waals surface area contributed by atoms with Crippen molar-refractivity contribution < 1.29 is 18.8 Å². The lowest BCUT2D eigenvalue weighted by Crippen LogP contribution is -2.20. The fourth-order valence-corrected chi connectivity index (χ4v) is 3.86. The van der Waals surface area contributed by atoms with E-state index < -0.39 is 0 Å². The van der Waals surface area contributed by atoms with Crippen LogP contribution in [-0.4, -0.2) is 24.0 Å². The fraction of sp³-hybridized carbons (Fsp3) is 0.318. The molecule has 0 aliphatic carbocycles. The van der Waals surface area contributed by atoms with E-state index in [0.717, 1.165) is 39.9 Å². The van der Waals surface area contributed by atoms with Crippen molar-refractivity contribution in [3.63, 3.8) is 0 Å². The first-order chi connectivity index (χ1) is 15.0. The van der Waals surface area contributed by atoms with Gasteiger partial charge in [-0.15, -0.1) is 0 Å². The molecular weight excluding hydrogens is 514 g/mol. The monoisotopic (exact) mass is 541 g/mol. The number of hydrogen-bond donors (Lipinski definition) is 1. The van der Waals surface area contributed by atoms with Crippen molar-refractivity contribution in [3.8, 4) is 11.1 Å². The van der Waals surface area contributed by atoms with Gasteiger partial charge in [0.2, 0.25) is 5.82 Å². The number of halogens is 1. The first-order valence-electron chi connectivity index (χ1n) is 9.81. The summed E-state index contributed by atoms with van der Waals surface area (Å²) < 4.78 is 18.1. The molecule has 0 amide bonds. The van der Waals surface area contributed by atoms with E-state index >= 15 is 0 Å². The molecule has 7 nitrogen and oxygen atoms in total. The molecule has 0 saturated carbocycles. The number of hydrogen-bond acceptors (Lipinski definition) is 8. The van der Waals surface area contributed by atoms with E-state index in [0.29, 0.717) is 29.8 Å². The van der Waals surface area contributed by atoms with Crippen LogP contribution < -0.4 is 9.53 Å². The average molecular weight is 543 g/mol. The van der Waals surface area contributed by atoms with Crippen molar-refractivity contribution in [1.29, 1.82) is 0 Å². The number of anilines is 2. The Morgan fingerprint density at radius 2 is 1.91 bits per heavy atom. The second-order valence-corrected chi connectivity index (χ2v) is 8.29. The van der Waals surface area contributed by atoms with E-state index in [9.17, 15) is 5.21 Å². The summed E-state index contributed by atoms with van der Waals surface area (Å²) in [4.78, 5) is 0. The van der Waals surface area contributed by atoms with Gasteiger partial charge in [-0.1, -0.05) is 62.7 Å². The first-order valence-corrected chi connectivity index (χ1v) is 11.6. The molecule has 1 aromatic heterocycles. The third-order valence-corrected chi connectivity index (χ3v) is 6.12. The van der Waals surface area contributed by atoms with Crippen LogP contribution in [0.3, 0.4) is 0 Å². The molecule has 10 heteroatoms. The molecule has 174 valence electrons. The number of para-hydroxylation sites is 1. The molecule has 0 radical (unpaired) electrons. The maximum Gasteiger partial charge on any atom is 0.229 e. The number of aryl methyl sites for hydroxylation is 1. The highest BCUT2D eigenvalue weighted by atomic mass is 79.9. The van der Waals surface area contributed by atoms with Gasteiger partial charge in [0.1, 0.15) is 18.0 Å². The minimum Gasteiger partial charge on any atom is -0.377 e. The Morgan fingerprint density at radius 1 is 1.16 bits per heavy atom. The van der Waals surface area contributed by atoms with Gasteiger partial charge in [-0.05, 0) is 43.5 Å². The standard InChI is InChI=1S/C22H26BrN3O4S.H2S/c1-5-28-14-18-12-17(13-23)10-11-19(18)20-8-6-7-9-21(20)25(4)31-30-26(27)22-15(2)16(3)29-24-22;/h6-12,27H,5,13-14H2,1-4H3;1H2. The van der Waals surface area contributed by atoms with Gasteiger partial charge < -0.3 is 9.26 Å². The lowest BCUT2D eigenvalue weighted by atomic mass is 9.97. The molecule has 32 heavy (non-hydrogen) atoms. The average Bonchev–Trinajstić information content (AvgIpc) is 3.13. The molecule has 0 saturated heterocycles. The number of benzene rings is 2. The molecular formula is C22H28BrN3O4S2. The Hall–Kier alpha value is -1.69. The van der Waals surface area contributed by atoms with E-state index in [4.69, 9.17) is 13.5 Å². The van der Waals surface area contributed by atoms with E-state index in [-0.39, 0.29) is 19.3 Å². The molecule has 0 bridgehead atoms. The van der Waals surface area contributed by atoms with Gasteiger partial charge in [0.15, 0.2) is 0 Å². The predicted octanol–water partition coefficient (Wildman–Crippen LogP) is 6.33. The summed E-state index contributed by atoms with van der Waals surface area (Å²) in [5, 5.41) is 15.4. The van der Waals surface area contributed by atoms with Crippen molar-refractivity contribution in [2.75, 3.05) is 23.2 Å². The Bertz CT molecular complexity index is 1020. The summed E-state index contributed by atoms with van der Waals surface area (Å²) in [5.74, 6) is 0.839. The maximum atomic E-state index is 10.2. The van der Waals surface area contributed by atoms with Gasteiger partial charge >= 0.3 is 0 Å². The molecule has 1 N–H and O–H groups in total. The molecule has 0 unspecified atom stereocenters. The van der Waals surface area contributed by atoms with Gasteiger partial charge in [0, 0.05) is 30.1 Å². The summed E-state index contributed by atoms with van der Waals surface area (Å²) >= 11 is 4.51. The van der Waals surface area contributed by atoms with Crippen molar-refractivity contribution in [2.24, 2.45) is 0 Å². The van der Waals surface area contributed by atoms with Gasteiger partial charge in [0.05, 0.1) is 12.3 Å². The molecule has 0 atom stereocenters. The van der Waals surface area contributed by atoms with Gasteiger partial charge in [-0.2, -0.15) is 17.8 Å². The molecule has 2 aromatic carbocycles. The smallest absolute Gasteiger partial charge is 0.229 e. The van der Waals surface area contributed by atoms with Gasteiger partial charge in [-0.25, -0.2) is 0 Å².